The van der Waals surface area contributed by atoms with Crippen LogP contribution in [0.4, 0.5) is 0 Å². The van der Waals surface area contributed by atoms with E-state index in [0.29, 0.717) is 19.5 Å². The van der Waals surface area contributed by atoms with Crippen LogP contribution in [0.1, 0.15) is 29.5 Å². The molecule has 2 unspecified atom stereocenters. The minimum absolute atomic E-state index is 0.0602. The van der Waals surface area contributed by atoms with E-state index in [-0.39, 0.29) is 18.0 Å². The number of aromatic nitrogens is 3. The predicted octanol–water partition coefficient (Wildman–Crippen LogP) is 0.337. The van der Waals surface area contributed by atoms with Gasteiger partial charge in [-0.2, -0.15) is 0 Å². The Morgan fingerprint density at radius 3 is 2.89 bits per heavy atom. The summed E-state index contributed by atoms with van der Waals surface area (Å²) in [7, 11) is 1.73. The van der Waals surface area contributed by atoms with Crippen molar-refractivity contribution in [3.05, 3.63) is 59.9 Å². The topological polar surface area (TPSA) is 95.4 Å². The lowest BCUT2D eigenvalue weighted by Gasteiger charge is -2.30. The molecule has 2 aliphatic rings. The summed E-state index contributed by atoms with van der Waals surface area (Å²) in [5.41, 5.74) is 2.08. The second-order valence-electron chi connectivity index (χ2n) is 7.08. The predicted molar refractivity (Wildman–Crippen MR) is 102 cm³/mol. The number of rotatable bonds is 4. The Labute approximate surface area is 163 Å². The molecule has 1 aromatic heterocycles. The van der Waals surface area contributed by atoms with E-state index in [2.05, 4.69) is 25.6 Å². The Hall–Kier alpha value is -3.36. The lowest BCUT2D eigenvalue weighted by molar-refractivity contribution is -0.135. The van der Waals surface area contributed by atoms with Gasteiger partial charge in [0, 0.05) is 25.5 Å². The Morgan fingerprint density at radius 2 is 2.11 bits per heavy atom. The molecule has 2 aromatic rings. The SMILES string of the molecule is CC1=CN2CCC(NC(=O)c3ncn(Cc4ccccc4)n3)C(=O)N(C)C2N1. The summed E-state index contributed by atoms with van der Waals surface area (Å²) < 4.78 is 1.61. The van der Waals surface area contributed by atoms with Gasteiger partial charge in [-0.25, -0.2) is 9.67 Å². The number of nitrogens with one attached hydrogen (secondary N) is 2. The number of hydrogen-bond acceptors (Lipinski definition) is 6. The minimum Gasteiger partial charge on any atom is -0.351 e. The first kappa shape index (κ1) is 18.0. The van der Waals surface area contributed by atoms with Crippen LogP contribution < -0.4 is 10.6 Å². The molecule has 2 aliphatic heterocycles. The van der Waals surface area contributed by atoms with Crippen LogP contribution in [0.5, 0.6) is 0 Å². The van der Waals surface area contributed by atoms with Gasteiger partial charge in [-0.3, -0.25) is 9.59 Å². The second kappa shape index (κ2) is 7.34. The van der Waals surface area contributed by atoms with Crippen molar-refractivity contribution in [2.45, 2.75) is 32.2 Å². The van der Waals surface area contributed by atoms with Crippen molar-refractivity contribution in [3.63, 3.8) is 0 Å². The highest BCUT2D eigenvalue weighted by Gasteiger charge is 2.37. The number of carbonyl (C=O) groups excluding carboxylic acids is 2. The minimum atomic E-state index is -0.611. The third-order valence-electron chi connectivity index (χ3n) is 4.95. The Kier molecular flexibility index (Phi) is 4.72. The first-order chi connectivity index (χ1) is 13.5. The summed E-state index contributed by atoms with van der Waals surface area (Å²) in [5, 5.41) is 10.3. The molecule has 2 N–H and O–H groups in total. The molecule has 0 spiro atoms. The lowest BCUT2D eigenvalue weighted by atomic mass is 10.2. The zero-order valence-electron chi connectivity index (χ0n) is 15.9. The Bertz CT molecular complexity index is 908. The molecule has 146 valence electrons. The molecule has 9 nitrogen and oxygen atoms in total. The maximum absolute atomic E-state index is 12.8. The number of hydrogen-bond donors (Lipinski definition) is 2. The van der Waals surface area contributed by atoms with E-state index < -0.39 is 11.9 Å². The monoisotopic (exact) mass is 381 g/mol. The molecule has 1 saturated heterocycles. The van der Waals surface area contributed by atoms with Crippen molar-refractivity contribution in [2.75, 3.05) is 13.6 Å². The van der Waals surface area contributed by atoms with Gasteiger partial charge in [-0.1, -0.05) is 30.3 Å². The molecule has 3 heterocycles. The number of amides is 2. The standard InChI is InChI=1S/C19H23N7O2/c1-13-10-25-9-8-15(18(28)24(2)19(25)21-13)22-17(27)16-20-12-26(23-16)11-14-6-4-3-5-7-14/h3-7,10,12,15,19,21H,8-9,11H2,1-2H3,(H,22,27). The average molecular weight is 381 g/mol. The van der Waals surface area contributed by atoms with Gasteiger partial charge in [-0.15, -0.1) is 5.10 Å². The highest BCUT2D eigenvalue weighted by molar-refractivity contribution is 5.94. The summed E-state index contributed by atoms with van der Waals surface area (Å²) in [6.07, 6.45) is 3.82. The number of allylic oxidation sites excluding steroid dienone is 1. The highest BCUT2D eigenvalue weighted by Crippen LogP contribution is 2.19. The highest BCUT2D eigenvalue weighted by atomic mass is 16.2. The van der Waals surface area contributed by atoms with Crippen molar-refractivity contribution < 1.29 is 9.59 Å². The van der Waals surface area contributed by atoms with E-state index in [1.54, 1.807) is 16.6 Å². The molecule has 0 aliphatic carbocycles. The summed E-state index contributed by atoms with van der Waals surface area (Å²) >= 11 is 0. The molecule has 1 fully saturated rings. The molecular formula is C19H23N7O2. The van der Waals surface area contributed by atoms with E-state index in [4.69, 9.17) is 0 Å². The van der Waals surface area contributed by atoms with Gasteiger partial charge in [0.25, 0.3) is 5.91 Å². The maximum atomic E-state index is 12.8. The summed E-state index contributed by atoms with van der Waals surface area (Å²) in [4.78, 5) is 33.1. The fraction of sp³-hybridized carbons (Fsp3) is 0.368. The van der Waals surface area contributed by atoms with Crippen LogP contribution in [0, 0.1) is 0 Å². The molecule has 2 amide bonds. The van der Waals surface area contributed by atoms with E-state index >= 15 is 0 Å². The Morgan fingerprint density at radius 1 is 1.32 bits per heavy atom. The van der Waals surface area contributed by atoms with Crippen LogP contribution in [0.25, 0.3) is 0 Å². The Balaban J connectivity index is 1.41. The lowest BCUT2D eigenvalue weighted by Crippen LogP contribution is -2.53. The van der Waals surface area contributed by atoms with Crippen molar-refractivity contribution >= 4 is 11.8 Å². The van der Waals surface area contributed by atoms with Crippen molar-refractivity contribution in [1.82, 2.24) is 35.2 Å². The number of benzene rings is 1. The van der Waals surface area contributed by atoms with Gasteiger partial charge in [0.1, 0.15) is 12.4 Å². The van der Waals surface area contributed by atoms with Gasteiger partial charge >= 0.3 is 0 Å². The molecule has 0 bridgehead atoms. The second-order valence-corrected chi connectivity index (χ2v) is 7.08. The molecule has 0 radical (unpaired) electrons. The molecule has 28 heavy (non-hydrogen) atoms. The van der Waals surface area contributed by atoms with Crippen LogP contribution in [0.15, 0.2) is 48.6 Å². The van der Waals surface area contributed by atoms with Crippen LogP contribution in [0.2, 0.25) is 0 Å². The first-order valence-electron chi connectivity index (χ1n) is 9.23. The van der Waals surface area contributed by atoms with E-state index in [1.807, 2.05) is 43.5 Å². The van der Waals surface area contributed by atoms with Crippen LogP contribution in [-0.2, 0) is 11.3 Å². The van der Waals surface area contributed by atoms with Crippen LogP contribution >= 0.6 is 0 Å². The fourth-order valence-electron chi connectivity index (χ4n) is 3.52. The quantitative estimate of drug-likeness (QED) is 0.793. The van der Waals surface area contributed by atoms with E-state index in [9.17, 15) is 9.59 Å². The average Bonchev–Trinajstić information content (AvgIpc) is 3.28. The molecule has 9 heteroatoms. The van der Waals surface area contributed by atoms with Crippen molar-refractivity contribution in [2.24, 2.45) is 0 Å². The largest absolute Gasteiger partial charge is 0.351 e. The van der Waals surface area contributed by atoms with Gasteiger partial charge in [0.15, 0.2) is 6.29 Å². The summed E-state index contributed by atoms with van der Waals surface area (Å²) in [5.74, 6) is -0.523. The van der Waals surface area contributed by atoms with Crippen LogP contribution in [0.3, 0.4) is 0 Å². The smallest absolute Gasteiger partial charge is 0.291 e. The third kappa shape index (κ3) is 3.55. The molecule has 1 aromatic carbocycles. The molecule has 4 rings (SSSR count). The fourth-order valence-corrected chi connectivity index (χ4v) is 3.52. The zero-order valence-corrected chi connectivity index (χ0v) is 15.9. The zero-order chi connectivity index (χ0) is 19.7. The van der Waals surface area contributed by atoms with Gasteiger partial charge < -0.3 is 20.4 Å². The number of likely N-dealkylation sites (N-methyl/N-ethyl adjacent to an activating group) is 1. The number of nitrogens with zero attached hydrogens (tertiary/aromatic N) is 5. The summed E-state index contributed by atoms with van der Waals surface area (Å²) in [6, 6.07) is 9.20. The first-order valence-corrected chi connectivity index (χ1v) is 9.23. The molecular weight excluding hydrogens is 358 g/mol. The maximum Gasteiger partial charge on any atom is 0.291 e. The van der Waals surface area contributed by atoms with Crippen molar-refractivity contribution in [3.8, 4) is 0 Å². The van der Waals surface area contributed by atoms with Gasteiger partial charge in [-0.05, 0) is 18.9 Å². The van der Waals surface area contributed by atoms with Gasteiger partial charge in [0.05, 0.1) is 6.54 Å². The number of carbonyl (C=O) groups is 2. The molecule has 2 atom stereocenters. The normalized spacial score (nSPS) is 21.6. The van der Waals surface area contributed by atoms with E-state index in [0.717, 1.165) is 11.3 Å². The number of fused-ring (bicyclic) bond motifs is 1. The summed E-state index contributed by atoms with van der Waals surface area (Å²) in [6.45, 7) is 3.15. The third-order valence-corrected chi connectivity index (χ3v) is 4.95. The van der Waals surface area contributed by atoms with Gasteiger partial charge in [0.2, 0.25) is 11.7 Å². The van der Waals surface area contributed by atoms with Crippen molar-refractivity contribution in [1.29, 1.82) is 0 Å². The van der Waals surface area contributed by atoms with Crippen LogP contribution in [-0.4, -0.2) is 62.3 Å². The van der Waals surface area contributed by atoms with E-state index in [1.165, 1.54) is 6.33 Å². The molecule has 0 saturated carbocycles.